The maximum absolute atomic E-state index is 12.7. The molecule has 0 spiro atoms. The van der Waals surface area contributed by atoms with Crippen molar-refractivity contribution in [1.29, 1.82) is 0 Å². The van der Waals surface area contributed by atoms with Crippen LogP contribution in [0.15, 0.2) is 47.8 Å². The molecule has 2 aromatic rings. The second-order valence-corrected chi connectivity index (χ2v) is 7.08. The second kappa shape index (κ2) is 6.33. The lowest BCUT2D eigenvalue weighted by Gasteiger charge is -2.35. The standard InChI is InChI=1S/C18H17N3O3S/c22-16-14-12-19(17(23)15-7-4-10-25-15)8-9-20(14)18(24)21(16)11-13-5-2-1-3-6-13/h1-7,10,14H,8-9,11-12H2/t14-/m1/s1. The minimum Gasteiger partial charge on any atom is -0.334 e. The van der Waals surface area contributed by atoms with Crippen LogP contribution in [-0.4, -0.2) is 58.2 Å². The molecule has 3 heterocycles. The van der Waals surface area contributed by atoms with Crippen LogP contribution in [0.4, 0.5) is 4.79 Å². The Kier molecular flexibility index (Phi) is 4.01. The summed E-state index contributed by atoms with van der Waals surface area (Å²) in [5.41, 5.74) is 0.913. The highest BCUT2D eigenvalue weighted by molar-refractivity contribution is 7.12. The third-order valence-corrected chi connectivity index (χ3v) is 5.47. The predicted molar refractivity (Wildman–Crippen MR) is 93.1 cm³/mol. The quantitative estimate of drug-likeness (QED) is 0.792. The summed E-state index contributed by atoms with van der Waals surface area (Å²) in [6, 6.07) is 12.2. The third kappa shape index (κ3) is 2.80. The zero-order valence-electron chi connectivity index (χ0n) is 13.5. The number of urea groups is 1. The molecule has 0 radical (unpaired) electrons. The highest BCUT2D eigenvalue weighted by atomic mass is 32.1. The number of hydrogen-bond donors (Lipinski definition) is 0. The van der Waals surface area contributed by atoms with Gasteiger partial charge in [-0.05, 0) is 17.0 Å². The van der Waals surface area contributed by atoms with Crippen molar-refractivity contribution in [2.45, 2.75) is 12.6 Å². The van der Waals surface area contributed by atoms with Crippen molar-refractivity contribution in [3.8, 4) is 0 Å². The van der Waals surface area contributed by atoms with Crippen molar-refractivity contribution in [1.82, 2.24) is 14.7 Å². The fourth-order valence-electron chi connectivity index (χ4n) is 3.30. The molecule has 7 heteroatoms. The molecule has 2 saturated heterocycles. The number of benzene rings is 1. The van der Waals surface area contributed by atoms with Crippen molar-refractivity contribution in [3.63, 3.8) is 0 Å². The van der Waals surface area contributed by atoms with E-state index in [0.717, 1.165) is 5.56 Å². The molecular formula is C18H17N3O3S. The van der Waals surface area contributed by atoms with Gasteiger partial charge in [-0.15, -0.1) is 11.3 Å². The maximum Gasteiger partial charge on any atom is 0.327 e. The summed E-state index contributed by atoms with van der Waals surface area (Å²) in [6.45, 7) is 1.36. The SMILES string of the molecule is O=C(c1cccs1)N1CCN2C(=O)N(Cc3ccccc3)C(=O)[C@H]2C1. The zero-order valence-corrected chi connectivity index (χ0v) is 14.3. The first-order valence-corrected chi connectivity index (χ1v) is 9.02. The first-order valence-electron chi connectivity index (χ1n) is 8.14. The molecule has 4 rings (SSSR count). The average Bonchev–Trinajstić information content (AvgIpc) is 3.26. The maximum atomic E-state index is 12.7. The molecule has 0 bridgehead atoms. The number of fused-ring (bicyclic) bond motifs is 1. The van der Waals surface area contributed by atoms with E-state index in [1.807, 2.05) is 41.8 Å². The van der Waals surface area contributed by atoms with Gasteiger partial charge in [0.1, 0.15) is 6.04 Å². The first kappa shape index (κ1) is 15.8. The van der Waals surface area contributed by atoms with E-state index in [-0.39, 0.29) is 30.9 Å². The summed E-state index contributed by atoms with van der Waals surface area (Å²) in [4.78, 5) is 43.1. The van der Waals surface area contributed by atoms with E-state index in [2.05, 4.69) is 0 Å². The van der Waals surface area contributed by atoms with E-state index in [4.69, 9.17) is 0 Å². The van der Waals surface area contributed by atoms with Gasteiger partial charge in [-0.25, -0.2) is 4.79 Å². The van der Waals surface area contributed by atoms with Gasteiger partial charge in [0.05, 0.1) is 18.0 Å². The number of thiophene rings is 1. The van der Waals surface area contributed by atoms with Crippen LogP contribution < -0.4 is 0 Å². The number of carbonyl (C=O) groups excluding carboxylic acids is 3. The largest absolute Gasteiger partial charge is 0.334 e. The van der Waals surface area contributed by atoms with E-state index in [1.54, 1.807) is 15.9 Å². The van der Waals surface area contributed by atoms with Crippen molar-refractivity contribution in [2.75, 3.05) is 19.6 Å². The summed E-state index contributed by atoms with van der Waals surface area (Å²) >= 11 is 1.39. The van der Waals surface area contributed by atoms with Gasteiger partial charge in [0, 0.05) is 13.1 Å². The molecule has 1 aromatic heterocycles. The number of hydrogen-bond acceptors (Lipinski definition) is 4. The molecule has 4 amide bonds. The monoisotopic (exact) mass is 355 g/mol. The van der Waals surface area contributed by atoms with Gasteiger partial charge in [-0.1, -0.05) is 36.4 Å². The molecule has 0 N–H and O–H groups in total. The number of nitrogens with zero attached hydrogens (tertiary/aromatic N) is 3. The lowest BCUT2D eigenvalue weighted by molar-refractivity contribution is -0.129. The van der Waals surface area contributed by atoms with Crippen LogP contribution in [-0.2, 0) is 11.3 Å². The zero-order chi connectivity index (χ0) is 17.4. The van der Waals surface area contributed by atoms with Crippen LogP contribution >= 0.6 is 11.3 Å². The van der Waals surface area contributed by atoms with Gasteiger partial charge >= 0.3 is 6.03 Å². The minimum absolute atomic E-state index is 0.0728. The molecule has 1 atom stereocenters. The lowest BCUT2D eigenvalue weighted by Crippen LogP contribution is -2.54. The molecule has 25 heavy (non-hydrogen) atoms. The van der Waals surface area contributed by atoms with Crippen LogP contribution in [0.3, 0.4) is 0 Å². The van der Waals surface area contributed by atoms with Crippen molar-refractivity contribution in [3.05, 3.63) is 58.3 Å². The third-order valence-electron chi connectivity index (χ3n) is 4.61. The summed E-state index contributed by atoms with van der Waals surface area (Å²) < 4.78 is 0. The van der Waals surface area contributed by atoms with E-state index in [0.29, 0.717) is 18.0 Å². The Hall–Kier alpha value is -2.67. The fourth-order valence-corrected chi connectivity index (χ4v) is 4.00. The fraction of sp³-hybridized carbons (Fsp3) is 0.278. The van der Waals surface area contributed by atoms with Gasteiger partial charge in [0.2, 0.25) is 0 Å². The average molecular weight is 355 g/mol. The Labute approximate surface area is 149 Å². The van der Waals surface area contributed by atoms with Crippen molar-refractivity contribution >= 4 is 29.2 Å². The van der Waals surface area contributed by atoms with Gasteiger partial charge in [0.25, 0.3) is 11.8 Å². The number of rotatable bonds is 3. The van der Waals surface area contributed by atoms with E-state index in [9.17, 15) is 14.4 Å². The number of imide groups is 1. The van der Waals surface area contributed by atoms with Crippen LogP contribution in [0.25, 0.3) is 0 Å². The molecule has 1 aromatic carbocycles. The molecule has 0 saturated carbocycles. The summed E-state index contributed by atoms with van der Waals surface area (Å²) in [5.74, 6) is -0.297. The summed E-state index contributed by atoms with van der Waals surface area (Å²) in [7, 11) is 0. The highest BCUT2D eigenvalue weighted by Crippen LogP contribution is 2.25. The highest BCUT2D eigenvalue weighted by Gasteiger charge is 2.48. The molecule has 0 aliphatic carbocycles. The molecular weight excluding hydrogens is 338 g/mol. The Morgan fingerprint density at radius 2 is 1.88 bits per heavy atom. The summed E-state index contributed by atoms with van der Waals surface area (Å²) in [6.07, 6.45) is 0. The molecule has 2 aliphatic rings. The number of carbonyl (C=O) groups is 3. The lowest BCUT2D eigenvalue weighted by atomic mass is 10.1. The number of amides is 4. The Balaban J connectivity index is 1.50. The number of piperazine rings is 1. The van der Waals surface area contributed by atoms with E-state index in [1.165, 1.54) is 16.2 Å². The van der Waals surface area contributed by atoms with Gasteiger partial charge in [-0.2, -0.15) is 0 Å². The van der Waals surface area contributed by atoms with Crippen LogP contribution in [0, 0.1) is 0 Å². The predicted octanol–water partition coefficient (Wildman–Crippen LogP) is 2.04. The Bertz CT molecular complexity index is 806. The molecule has 2 aliphatic heterocycles. The molecule has 128 valence electrons. The Morgan fingerprint density at radius 1 is 1.08 bits per heavy atom. The van der Waals surface area contributed by atoms with E-state index < -0.39 is 6.04 Å². The summed E-state index contributed by atoms with van der Waals surface area (Å²) in [5, 5.41) is 1.86. The smallest absolute Gasteiger partial charge is 0.327 e. The van der Waals surface area contributed by atoms with E-state index >= 15 is 0 Å². The molecule has 6 nitrogen and oxygen atoms in total. The first-order chi connectivity index (χ1) is 12.1. The van der Waals surface area contributed by atoms with Gasteiger partial charge < -0.3 is 9.80 Å². The topological polar surface area (TPSA) is 60.9 Å². The van der Waals surface area contributed by atoms with Crippen LogP contribution in [0.2, 0.25) is 0 Å². The van der Waals surface area contributed by atoms with Crippen molar-refractivity contribution < 1.29 is 14.4 Å². The van der Waals surface area contributed by atoms with Crippen molar-refractivity contribution in [2.24, 2.45) is 0 Å². The van der Waals surface area contributed by atoms with Crippen LogP contribution in [0.1, 0.15) is 15.2 Å². The second-order valence-electron chi connectivity index (χ2n) is 6.13. The minimum atomic E-state index is -0.575. The van der Waals surface area contributed by atoms with Gasteiger partial charge in [0.15, 0.2) is 0 Å². The van der Waals surface area contributed by atoms with Crippen LogP contribution in [0.5, 0.6) is 0 Å². The molecule has 0 unspecified atom stereocenters. The Morgan fingerprint density at radius 3 is 2.60 bits per heavy atom. The normalized spacial score (nSPS) is 20.2. The van der Waals surface area contributed by atoms with Gasteiger partial charge in [-0.3, -0.25) is 14.5 Å². The molecule has 2 fully saturated rings.